The van der Waals surface area contributed by atoms with Crippen LogP contribution in [0.2, 0.25) is 0 Å². The Labute approximate surface area is 161 Å². The first kappa shape index (κ1) is 22.6. The molecular formula is C17H24N6O5. The topological polar surface area (TPSA) is 189 Å². The van der Waals surface area contributed by atoms with Crippen LogP contribution in [0.15, 0.2) is 24.3 Å². The van der Waals surface area contributed by atoms with Crippen LogP contribution >= 0.6 is 0 Å². The van der Waals surface area contributed by atoms with Gasteiger partial charge in [0.15, 0.2) is 5.96 Å². The molecule has 0 unspecified atom stereocenters. The molecule has 0 saturated carbocycles. The Morgan fingerprint density at radius 2 is 1.96 bits per heavy atom. The van der Waals surface area contributed by atoms with E-state index in [1.54, 1.807) is 18.2 Å². The number of hydrogen-bond donors (Lipinski definition) is 6. The van der Waals surface area contributed by atoms with E-state index in [2.05, 4.69) is 20.7 Å². The molecule has 8 N–H and O–H groups in total. The van der Waals surface area contributed by atoms with Crippen molar-refractivity contribution in [3.05, 3.63) is 29.8 Å². The predicted molar refractivity (Wildman–Crippen MR) is 101 cm³/mol. The highest BCUT2D eigenvalue weighted by Crippen LogP contribution is 2.11. The van der Waals surface area contributed by atoms with Crippen LogP contribution < -0.4 is 27.4 Å². The van der Waals surface area contributed by atoms with Crippen molar-refractivity contribution in [3.8, 4) is 0 Å². The quantitative estimate of drug-likeness (QED) is 0.0692. The van der Waals surface area contributed by atoms with Crippen LogP contribution in [0.5, 0.6) is 0 Å². The largest absolute Gasteiger partial charge is 0.395 e. The number of carbonyl (C=O) groups is 4. The molecule has 1 aromatic rings. The highest BCUT2D eigenvalue weighted by molar-refractivity contribution is 5.98. The lowest BCUT2D eigenvalue weighted by Gasteiger charge is -2.13. The third kappa shape index (κ3) is 8.76. The van der Waals surface area contributed by atoms with Crippen LogP contribution in [0.3, 0.4) is 0 Å². The van der Waals surface area contributed by atoms with Crippen molar-refractivity contribution in [2.24, 2.45) is 11.5 Å². The Bertz CT molecular complexity index is 724. The maximum Gasteiger partial charge on any atom is 0.315 e. The molecule has 11 nitrogen and oxygen atoms in total. The number of esters is 1. The smallest absolute Gasteiger partial charge is 0.315 e. The van der Waals surface area contributed by atoms with Gasteiger partial charge in [-0.1, -0.05) is 6.07 Å². The van der Waals surface area contributed by atoms with Gasteiger partial charge < -0.3 is 32.2 Å². The molecular weight excluding hydrogens is 368 g/mol. The lowest BCUT2D eigenvalue weighted by Crippen LogP contribution is -2.37. The van der Waals surface area contributed by atoms with Crippen LogP contribution in [-0.4, -0.2) is 49.3 Å². The van der Waals surface area contributed by atoms with E-state index in [4.69, 9.17) is 16.9 Å². The fraction of sp³-hybridized carbons (Fsp3) is 0.353. The molecule has 0 aliphatic heterocycles. The first-order valence-electron chi connectivity index (χ1n) is 8.49. The second-order valence-corrected chi connectivity index (χ2v) is 5.75. The fourth-order valence-electron chi connectivity index (χ4n) is 2.14. The lowest BCUT2D eigenvalue weighted by molar-refractivity contribution is -0.151. The monoisotopic (exact) mass is 392 g/mol. The number of hydrogen-bond acceptors (Lipinski definition) is 7. The third-order valence-corrected chi connectivity index (χ3v) is 3.53. The Balaban J connectivity index is 2.49. The Kier molecular flexibility index (Phi) is 9.68. The molecule has 0 aliphatic carbocycles. The summed E-state index contributed by atoms with van der Waals surface area (Å²) in [6, 6.07) is 5.46. The van der Waals surface area contributed by atoms with E-state index in [0.29, 0.717) is 25.1 Å². The maximum atomic E-state index is 12.1. The van der Waals surface area contributed by atoms with Gasteiger partial charge >= 0.3 is 12.4 Å². The van der Waals surface area contributed by atoms with Gasteiger partial charge in [0.1, 0.15) is 0 Å². The van der Waals surface area contributed by atoms with Gasteiger partial charge in [0.05, 0.1) is 12.5 Å². The Morgan fingerprint density at radius 3 is 2.64 bits per heavy atom. The van der Waals surface area contributed by atoms with Crippen molar-refractivity contribution in [1.82, 2.24) is 10.6 Å². The van der Waals surface area contributed by atoms with Gasteiger partial charge in [-0.15, -0.1) is 0 Å². The van der Waals surface area contributed by atoms with Gasteiger partial charge in [-0.3, -0.25) is 24.6 Å². The molecule has 2 amide bonds. The molecule has 0 spiro atoms. The van der Waals surface area contributed by atoms with Crippen LogP contribution in [0.4, 0.5) is 5.69 Å². The van der Waals surface area contributed by atoms with E-state index in [-0.39, 0.29) is 31.0 Å². The molecule has 28 heavy (non-hydrogen) atoms. The second-order valence-electron chi connectivity index (χ2n) is 5.75. The summed E-state index contributed by atoms with van der Waals surface area (Å²) in [6.45, 7) is 0.467. The lowest BCUT2D eigenvalue weighted by atomic mass is 10.1. The number of ether oxygens (including phenoxy) is 1. The van der Waals surface area contributed by atoms with Gasteiger partial charge in [0.2, 0.25) is 5.91 Å². The van der Waals surface area contributed by atoms with Crippen molar-refractivity contribution in [3.63, 3.8) is 0 Å². The van der Waals surface area contributed by atoms with E-state index in [0.717, 1.165) is 0 Å². The SMILES string of the molecule is N=C(N)NCCC[C@H](N)C(=O)Nc1cccc(C(=O)NCCC(=O)OC=O)c1. The van der Waals surface area contributed by atoms with E-state index in [9.17, 15) is 19.2 Å². The average molecular weight is 392 g/mol. The molecule has 11 heteroatoms. The van der Waals surface area contributed by atoms with E-state index < -0.39 is 23.8 Å². The van der Waals surface area contributed by atoms with Gasteiger partial charge in [-0.05, 0) is 31.0 Å². The average Bonchev–Trinajstić information content (AvgIpc) is 2.65. The fourth-order valence-corrected chi connectivity index (χ4v) is 2.14. The summed E-state index contributed by atoms with van der Waals surface area (Å²) in [6.07, 6.45) is 0.806. The number of amides is 2. The molecule has 152 valence electrons. The minimum Gasteiger partial charge on any atom is -0.395 e. The standard InChI is InChI=1S/C17H24N6O5/c18-13(5-2-7-22-17(19)20)16(27)23-12-4-1-3-11(9-12)15(26)21-8-6-14(25)28-10-24/h1,3-4,9-10,13H,2,5-8,18H2,(H,21,26)(H,23,27)(H4,19,20,22)/t13-/m0/s1. The van der Waals surface area contributed by atoms with Crippen LogP contribution in [0.25, 0.3) is 0 Å². The predicted octanol–water partition coefficient (Wildman–Crippen LogP) is -0.965. The number of nitrogens with one attached hydrogen (secondary N) is 4. The van der Waals surface area contributed by atoms with Crippen LogP contribution in [-0.2, 0) is 19.1 Å². The zero-order chi connectivity index (χ0) is 20.9. The van der Waals surface area contributed by atoms with E-state index >= 15 is 0 Å². The molecule has 0 radical (unpaired) electrons. The zero-order valence-electron chi connectivity index (χ0n) is 15.2. The van der Waals surface area contributed by atoms with Crippen LogP contribution in [0, 0.1) is 5.41 Å². The molecule has 0 aromatic heterocycles. The van der Waals surface area contributed by atoms with Crippen LogP contribution in [0.1, 0.15) is 29.6 Å². The highest BCUT2D eigenvalue weighted by atomic mass is 16.6. The van der Waals surface area contributed by atoms with Gasteiger partial charge in [-0.2, -0.15) is 0 Å². The molecule has 0 bridgehead atoms. The molecule has 0 heterocycles. The molecule has 1 rings (SSSR count). The second kappa shape index (κ2) is 12.0. The van der Waals surface area contributed by atoms with E-state index in [1.165, 1.54) is 6.07 Å². The van der Waals surface area contributed by atoms with Gasteiger partial charge in [-0.25, -0.2) is 0 Å². The number of rotatable bonds is 11. The van der Waals surface area contributed by atoms with Crippen molar-refractivity contribution in [2.45, 2.75) is 25.3 Å². The zero-order valence-corrected chi connectivity index (χ0v) is 15.2. The Morgan fingerprint density at radius 1 is 1.21 bits per heavy atom. The number of anilines is 1. The molecule has 0 fully saturated rings. The Hall–Kier alpha value is -3.47. The maximum absolute atomic E-state index is 12.1. The van der Waals surface area contributed by atoms with E-state index in [1.807, 2.05) is 0 Å². The minimum absolute atomic E-state index is 0.00126. The van der Waals surface area contributed by atoms with Crippen molar-refractivity contribution in [1.29, 1.82) is 5.41 Å². The first-order valence-corrected chi connectivity index (χ1v) is 8.49. The summed E-state index contributed by atoms with van der Waals surface area (Å²) in [5.41, 5.74) is 11.7. The molecule has 0 saturated heterocycles. The van der Waals surface area contributed by atoms with Crippen molar-refractivity contribution >= 4 is 35.9 Å². The number of nitrogens with two attached hydrogens (primary N) is 2. The normalized spacial score (nSPS) is 11.0. The van der Waals surface area contributed by atoms with Gasteiger partial charge in [0.25, 0.3) is 5.91 Å². The number of guanidine groups is 1. The van der Waals surface area contributed by atoms with Gasteiger partial charge in [0, 0.05) is 24.3 Å². The highest BCUT2D eigenvalue weighted by Gasteiger charge is 2.14. The van der Waals surface area contributed by atoms with Crippen molar-refractivity contribution in [2.75, 3.05) is 18.4 Å². The number of carbonyl (C=O) groups excluding carboxylic acids is 4. The summed E-state index contributed by atoms with van der Waals surface area (Å²) >= 11 is 0. The summed E-state index contributed by atoms with van der Waals surface area (Å²) in [5, 5.41) is 14.8. The molecule has 0 aliphatic rings. The van der Waals surface area contributed by atoms with Crippen molar-refractivity contribution < 1.29 is 23.9 Å². The summed E-state index contributed by atoms with van der Waals surface area (Å²) in [7, 11) is 0. The number of benzene rings is 1. The minimum atomic E-state index is -0.755. The summed E-state index contributed by atoms with van der Waals surface area (Å²) in [5.74, 6) is -1.75. The summed E-state index contributed by atoms with van der Waals surface area (Å²) in [4.78, 5) is 45.3. The molecule has 1 atom stereocenters. The summed E-state index contributed by atoms with van der Waals surface area (Å²) < 4.78 is 4.11. The third-order valence-electron chi connectivity index (χ3n) is 3.53. The first-order chi connectivity index (χ1) is 13.3. The molecule has 1 aromatic carbocycles.